The molecular formula is C14H25N3O5S. The normalized spacial score (nSPS) is 26.8. The largest absolute Gasteiger partial charge is 0.375 e. The molecule has 0 unspecified atom stereocenters. The Bertz CT molecular complexity index is 579. The van der Waals surface area contributed by atoms with Crippen LogP contribution in [0.2, 0.25) is 0 Å². The quantitative estimate of drug-likeness (QED) is 0.649. The third-order valence-corrected chi connectivity index (χ3v) is 5.78. The van der Waals surface area contributed by atoms with Gasteiger partial charge in [-0.3, -0.25) is 9.59 Å². The summed E-state index contributed by atoms with van der Waals surface area (Å²) in [5.41, 5.74) is -0.546. The monoisotopic (exact) mass is 347 g/mol. The molecular weight excluding hydrogens is 322 g/mol. The molecule has 0 N–H and O–H groups in total. The topological polar surface area (TPSA) is 87.2 Å². The van der Waals surface area contributed by atoms with E-state index in [1.165, 1.54) is 17.7 Å². The van der Waals surface area contributed by atoms with Crippen LogP contribution in [0.15, 0.2) is 0 Å². The zero-order valence-corrected chi connectivity index (χ0v) is 14.8. The average Bonchev–Trinajstić information content (AvgIpc) is 2.64. The molecule has 0 aromatic rings. The highest BCUT2D eigenvalue weighted by atomic mass is 32.2. The van der Waals surface area contributed by atoms with Crippen molar-refractivity contribution in [3.8, 4) is 0 Å². The van der Waals surface area contributed by atoms with Gasteiger partial charge in [-0.25, -0.2) is 8.42 Å². The molecule has 8 nitrogen and oxygen atoms in total. The molecule has 2 aliphatic heterocycles. The standard InChI is InChI=1S/C14H25N3O5S/c1-4-15-9-14(7-12(15)18)10-16(13(19)8-22-2)5-6-17(11-14)23(3,20)21/h4-11H2,1-3H3/t14-/m1/s1. The van der Waals surface area contributed by atoms with E-state index >= 15 is 0 Å². The van der Waals surface area contributed by atoms with E-state index in [1.807, 2.05) is 6.92 Å². The number of likely N-dealkylation sites (tertiary alicyclic amines) is 1. The molecule has 1 spiro atoms. The van der Waals surface area contributed by atoms with Crippen molar-refractivity contribution in [3.05, 3.63) is 0 Å². The zero-order valence-electron chi connectivity index (χ0n) is 13.9. The summed E-state index contributed by atoms with van der Waals surface area (Å²) in [6, 6.07) is 0. The van der Waals surface area contributed by atoms with Crippen molar-refractivity contribution in [2.24, 2.45) is 5.41 Å². The molecule has 132 valence electrons. The van der Waals surface area contributed by atoms with Crippen molar-refractivity contribution in [1.29, 1.82) is 0 Å². The summed E-state index contributed by atoms with van der Waals surface area (Å²) >= 11 is 0. The van der Waals surface area contributed by atoms with Crippen molar-refractivity contribution in [1.82, 2.24) is 14.1 Å². The summed E-state index contributed by atoms with van der Waals surface area (Å²) in [6.07, 6.45) is 1.44. The zero-order chi connectivity index (χ0) is 17.3. The number of rotatable bonds is 4. The third-order valence-electron chi connectivity index (χ3n) is 4.53. The number of nitrogens with zero attached hydrogens (tertiary/aromatic N) is 3. The maximum atomic E-state index is 12.2. The summed E-state index contributed by atoms with van der Waals surface area (Å²) in [6.45, 7) is 4.13. The number of amides is 2. The van der Waals surface area contributed by atoms with Crippen molar-refractivity contribution in [3.63, 3.8) is 0 Å². The number of sulfonamides is 1. The predicted octanol–water partition coefficient (Wildman–Crippen LogP) is -1.02. The first-order chi connectivity index (χ1) is 10.7. The van der Waals surface area contributed by atoms with Crippen LogP contribution in [0.5, 0.6) is 0 Å². The molecule has 0 aromatic carbocycles. The smallest absolute Gasteiger partial charge is 0.248 e. The van der Waals surface area contributed by atoms with Crippen LogP contribution in [0, 0.1) is 5.41 Å². The number of carbonyl (C=O) groups excluding carboxylic acids is 2. The van der Waals surface area contributed by atoms with Gasteiger partial charge < -0.3 is 14.5 Å². The van der Waals surface area contributed by atoms with Crippen molar-refractivity contribution in [2.75, 3.05) is 59.2 Å². The first-order valence-electron chi connectivity index (χ1n) is 7.70. The van der Waals surface area contributed by atoms with Crippen LogP contribution in [0.25, 0.3) is 0 Å². The van der Waals surface area contributed by atoms with Gasteiger partial charge >= 0.3 is 0 Å². The van der Waals surface area contributed by atoms with E-state index in [-0.39, 0.29) is 37.9 Å². The van der Waals surface area contributed by atoms with Crippen LogP contribution in [0.1, 0.15) is 13.3 Å². The second-order valence-corrected chi connectivity index (χ2v) is 8.41. The van der Waals surface area contributed by atoms with Crippen LogP contribution < -0.4 is 0 Å². The van der Waals surface area contributed by atoms with Gasteiger partial charge in [0.05, 0.1) is 6.26 Å². The van der Waals surface area contributed by atoms with Crippen molar-refractivity contribution >= 4 is 21.8 Å². The molecule has 2 fully saturated rings. The van der Waals surface area contributed by atoms with E-state index in [9.17, 15) is 18.0 Å². The highest BCUT2D eigenvalue weighted by molar-refractivity contribution is 7.88. The molecule has 1 atom stereocenters. The highest BCUT2D eigenvalue weighted by Gasteiger charge is 2.48. The Labute approximate surface area is 137 Å². The molecule has 0 saturated carbocycles. The Morgan fingerprint density at radius 2 is 1.96 bits per heavy atom. The number of hydrogen-bond donors (Lipinski definition) is 0. The van der Waals surface area contributed by atoms with Crippen LogP contribution >= 0.6 is 0 Å². The van der Waals surface area contributed by atoms with Crippen LogP contribution in [-0.4, -0.2) is 93.6 Å². The van der Waals surface area contributed by atoms with E-state index in [0.29, 0.717) is 26.2 Å². The summed E-state index contributed by atoms with van der Waals surface area (Å²) in [5, 5.41) is 0. The molecule has 0 aliphatic carbocycles. The first-order valence-corrected chi connectivity index (χ1v) is 9.55. The molecule has 2 amide bonds. The minimum Gasteiger partial charge on any atom is -0.375 e. The Morgan fingerprint density at radius 3 is 2.48 bits per heavy atom. The van der Waals surface area contributed by atoms with E-state index < -0.39 is 15.4 Å². The lowest BCUT2D eigenvalue weighted by molar-refractivity contribution is -0.136. The number of carbonyl (C=O) groups is 2. The summed E-state index contributed by atoms with van der Waals surface area (Å²) < 4.78 is 30.3. The predicted molar refractivity (Wildman–Crippen MR) is 84.2 cm³/mol. The van der Waals surface area contributed by atoms with Gasteiger partial charge in [0.25, 0.3) is 0 Å². The minimum atomic E-state index is -3.38. The number of methoxy groups -OCH3 is 1. The first kappa shape index (κ1) is 18.2. The third kappa shape index (κ3) is 4.02. The van der Waals surface area contributed by atoms with Crippen molar-refractivity contribution < 1.29 is 22.7 Å². The van der Waals surface area contributed by atoms with Gasteiger partial charge in [-0.2, -0.15) is 4.31 Å². The fourth-order valence-electron chi connectivity index (χ4n) is 3.41. The Hall–Kier alpha value is -1.19. The van der Waals surface area contributed by atoms with Gasteiger partial charge in [0.1, 0.15) is 6.61 Å². The van der Waals surface area contributed by atoms with Gasteiger partial charge in [0, 0.05) is 58.2 Å². The number of hydrogen-bond acceptors (Lipinski definition) is 5. The second-order valence-electron chi connectivity index (χ2n) is 6.43. The average molecular weight is 347 g/mol. The van der Waals surface area contributed by atoms with Gasteiger partial charge in [0.15, 0.2) is 0 Å². The molecule has 2 heterocycles. The maximum absolute atomic E-state index is 12.2. The van der Waals surface area contributed by atoms with E-state index in [4.69, 9.17) is 4.74 Å². The van der Waals surface area contributed by atoms with Gasteiger partial charge in [-0.05, 0) is 6.92 Å². The molecule has 23 heavy (non-hydrogen) atoms. The fraction of sp³-hybridized carbons (Fsp3) is 0.857. The Balaban J connectivity index is 2.29. The molecule has 0 radical (unpaired) electrons. The van der Waals surface area contributed by atoms with Crippen LogP contribution in [0.4, 0.5) is 0 Å². The van der Waals surface area contributed by atoms with E-state index in [0.717, 1.165) is 0 Å². The summed E-state index contributed by atoms with van der Waals surface area (Å²) in [5.74, 6) is -0.161. The molecule has 2 saturated heterocycles. The molecule has 2 aliphatic rings. The van der Waals surface area contributed by atoms with Crippen LogP contribution in [-0.2, 0) is 24.3 Å². The summed E-state index contributed by atoms with van der Waals surface area (Å²) in [4.78, 5) is 27.7. The van der Waals surface area contributed by atoms with Gasteiger partial charge in [0.2, 0.25) is 21.8 Å². The van der Waals surface area contributed by atoms with Crippen molar-refractivity contribution in [2.45, 2.75) is 13.3 Å². The lowest BCUT2D eigenvalue weighted by atomic mass is 9.86. The molecule has 0 aromatic heterocycles. The maximum Gasteiger partial charge on any atom is 0.248 e. The number of ether oxygens (including phenoxy) is 1. The van der Waals surface area contributed by atoms with E-state index in [2.05, 4.69) is 0 Å². The van der Waals surface area contributed by atoms with Gasteiger partial charge in [-0.15, -0.1) is 0 Å². The van der Waals surface area contributed by atoms with E-state index in [1.54, 1.807) is 9.80 Å². The molecule has 9 heteroatoms. The highest BCUT2D eigenvalue weighted by Crippen LogP contribution is 2.35. The van der Waals surface area contributed by atoms with Crippen LogP contribution in [0.3, 0.4) is 0 Å². The Kier molecular flexibility index (Phi) is 5.32. The minimum absolute atomic E-state index is 0.0157. The fourth-order valence-corrected chi connectivity index (χ4v) is 4.33. The SMILES string of the molecule is CCN1C[C@]2(CC1=O)CN(C(=O)COC)CCN(S(C)(=O)=O)C2. The molecule has 2 rings (SSSR count). The second kappa shape index (κ2) is 6.74. The Morgan fingerprint density at radius 1 is 1.26 bits per heavy atom. The lowest BCUT2D eigenvalue weighted by Crippen LogP contribution is -2.45. The summed E-state index contributed by atoms with van der Waals surface area (Å²) in [7, 11) is -1.93. The molecule has 0 bridgehead atoms. The lowest BCUT2D eigenvalue weighted by Gasteiger charge is -2.33. The van der Waals surface area contributed by atoms with Gasteiger partial charge in [-0.1, -0.05) is 0 Å².